The zero-order valence-corrected chi connectivity index (χ0v) is 15.2. The van der Waals surface area contributed by atoms with Crippen LogP contribution in [0.1, 0.15) is 15.9 Å². The Kier molecular flexibility index (Phi) is 5.06. The van der Waals surface area contributed by atoms with E-state index in [9.17, 15) is 13.6 Å². The highest BCUT2D eigenvalue weighted by atomic mass is 19.1. The summed E-state index contributed by atoms with van der Waals surface area (Å²) >= 11 is 0. The van der Waals surface area contributed by atoms with Crippen LogP contribution in [0, 0.1) is 11.6 Å². The Morgan fingerprint density at radius 1 is 0.929 bits per heavy atom. The first kappa shape index (κ1) is 18.2. The molecular weight excluding hydrogens is 360 g/mol. The van der Waals surface area contributed by atoms with Gasteiger partial charge in [0.1, 0.15) is 24.0 Å². The van der Waals surface area contributed by atoms with Gasteiger partial charge in [-0.3, -0.25) is 4.79 Å². The third kappa shape index (κ3) is 3.74. The summed E-state index contributed by atoms with van der Waals surface area (Å²) in [4.78, 5) is 14.6. The topological polar surface area (TPSA) is 29.5 Å². The monoisotopic (exact) mass is 379 g/mol. The predicted molar refractivity (Wildman–Crippen MR) is 103 cm³/mol. The molecule has 0 fully saturated rings. The minimum atomic E-state index is -0.296. The van der Waals surface area contributed by atoms with Crippen LogP contribution in [0.25, 0.3) is 11.1 Å². The molecule has 3 aromatic carbocycles. The van der Waals surface area contributed by atoms with Crippen LogP contribution in [-0.4, -0.2) is 30.5 Å². The fraction of sp³-hybridized carbons (Fsp3) is 0.174. The molecule has 0 saturated heterocycles. The fourth-order valence-corrected chi connectivity index (χ4v) is 3.35. The summed E-state index contributed by atoms with van der Waals surface area (Å²) in [6, 6.07) is 18.1. The van der Waals surface area contributed by atoms with E-state index in [1.807, 2.05) is 6.07 Å². The van der Waals surface area contributed by atoms with Gasteiger partial charge >= 0.3 is 0 Å². The second-order valence-electron chi connectivity index (χ2n) is 6.70. The quantitative estimate of drug-likeness (QED) is 0.657. The molecule has 1 aliphatic rings. The zero-order valence-electron chi connectivity index (χ0n) is 15.2. The second-order valence-corrected chi connectivity index (χ2v) is 6.70. The number of hydrogen-bond acceptors (Lipinski definition) is 2. The van der Waals surface area contributed by atoms with Crippen LogP contribution >= 0.6 is 0 Å². The van der Waals surface area contributed by atoms with Crippen molar-refractivity contribution >= 4 is 5.91 Å². The Balaban J connectivity index is 1.54. The lowest BCUT2D eigenvalue weighted by Crippen LogP contribution is -2.34. The standard InChI is InChI=1S/C23H19F2NO2/c24-19-8-5-16(6-9-19)18-7-10-20-22(15-18)28-14-13-26(23(20)27)12-11-17-3-1-2-4-21(17)25/h1-10,15H,11-14H2. The van der Waals surface area contributed by atoms with Gasteiger partial charge in [0.25, 0.3) is 5.91 Å². The van der Waals surface area contributed by atoms with E-state index in [2.05, 4.69) is 0 Å². The van der Waals surface area contributed by atoms with Crippen molar-refractivity contribution in [2.45, 2.75) is 6.42 Å². The first-order chi connectivity index (χ1) is 13.6. The first-order valence-electron chi connectivity index (χ1n) is 9.17. The molecule has 3 nitrogen and oxygen atoms in total. The number of nitrogens with zero attached hydrogens (tertiary/aromatic N) is 1. The summed E-state index contributed by atoms with van der Waals surface area (Å²) < 4.78 is 32.8. The van der Waals surface area contributed by atoms with Gasteiger partial charge in [-0.15, -0.1) is 0 Å². The molecule has 1 aliphatic heterocycles. The Bertz CT molecular complexity index is 1000. The molecule has 0 bridgehead atoms. The van der Waals surface area contributed by atoms with Crippen molar-refractivity contribution in [3.05, 3.63) is 89.5 Å². The average molecular weight is 379 g/mol. The van der Waals surface area contributed by atoms with Gasteiger partial charge in [-0.2, -0.15) is 0 Å². The average Bonchev–Trinajstić information content (AvgIpc) is 2.86. The molecule has 3 aromatic rings. The molecule has 1 heterocycles. The Morgan fingerprint density at radius 2 is 1.68 bits per heavy atom. The van der Waals surface area contributed by atoms with Crippen LogP contribution in [0.15, 0.2) is 66.7 Å². The largest absolute Gasteiger partial charge is 0.491 e. The summed E-state index contributed by atoms with van der Waals surface area (Å²) in [5.74, 6) is -0.171. The van der Waals surface area contributed by atoms with Gasteiger partial charge < -0.3 is 9.64 Å². The van der Waals surface area contributed by atoms with Crippen molar-refractivity contribution in [3.63, 3.8) is 0 Å². The van der Waals surface area contributed by atoms with Gasteiger partial charge in [-0.05, 0) is 53.4 Å². The van der Waals surface area contributed by atoms with E-state index < -0.39 is 0 Å². The van der Waals surface area contributed by atoms with Crippen molar-refractivity contribution in [1.82, 2.24) is 4.90 Å². The number of rotatable bonds is 4. The van der Waals surface area contributed by atoms with Gasteiger partial charge in [0.2, 0.25) is 0 Å². The van der Waals surface area contributed by atoms with Crippen molar-refractivity contribution in [3.8, 4) is 16.9 Å². The smallest absolute Gasteiger partial charge is 0.257 e. The van der Waals surface area contributed by atoms with Crippen LogP contribution in [0.2, 0.25) is 0 Å². The number of ether oxygens (including phenoxy) is 1. The molecule has 0 radical (unpaired) electrons. The molecule has 4 rings (SSSR count). The van der Waals surface area contributed by atoms with E-state index in [-0.39, 0.29) is 17.5 Å². The number of carbonyl (C=O) groups is 1. The zero-order chi connectivity index (χ0) is 19.5. The Labute approximate surface area is 162 Å². The third-order valence-electron chi connectivity index (χ3n) is 4.90. The number of fused-ring (bicyclic) bond motifs is 1. The normalized spacial score (nSPS) is 13.6. The molecule has 5 heteroatoms. The summed E-state index contributed by atoms with van der Waals surface area (Å²) in [6.07, 6.45) is 0.446. The molecule has 142 valence electrons. The molecule has 0 N–H and O–H groups in total. The van der Waals surface area contributed by atoms with Crippen LogP contribution in [0.5, 0.6) is 5.75 Å². The molecule has 28 heavy (non-hydrogen) atoms. The highest BCUT2D eigenvalue weighted by molar-refractivity contribution is 5.98. The molecule has 0 aliphatic carbocycles. The summed E-state index contributed by atoms with van der Waals surface area (Å²) in [6.45, 7) is 1.22. The summed E-state index contributed by atoms with van der Waals surface area (Å²) in [5, 5.41) is 0. The van der Waals surface area contributed by atoms with Gasteiger partial charge in [0.15, 0.2) is 0 Å². The number of benzene rings is 3. The van der Waals surface area contributed by atoms with Gasteiger partial charge in [-0.25, -0.2) is 8.78 Å². The van der Waals surface area contributed by atoms with Crippen LogP contribution < -0.4 is 4.74 Å². The Morgan fingerprint density at radius 3 is 2.46 bits per heavy atom. The molecule has 0 saturated carbocycles. The van der Waals surface area contributed by atoms with Gasteiger partial charge in [0.05, 0.1) is 12.1 Å². The van der Waals surface area contributed by atoms with Gasteiger partial charge in [0, 0.05) is 6.54 Å². The van der Waals surface area contributed by atoms with Crippen molar-refractivity contribution < 1.29 is 18.3 Å². The van der Waals surface area contributed by atoms with Crippen molar-refractivity contribution in [2.75, 3.05) is 19.7 Å². The lowest BCUT2D eigenvalue weighted by molar-refractivity contribution is 0.0757. The second kappa shape index (κ2) is 7.80. The molecule has 1 amide bonds. The summed E-state index contributed by atoms with van der Waals surface area (Å²) in [7, 11) is 0. The SMILES string of the molecule is O=C1c2ccc(-c3ccc(F)cc3)cc2OCCN1CCc1ccccc1F. The molecule has 0 spiro atoms. The molecular formula is C23H19F2NO2. The highest BCUT2D eigenvalue weighted by Crippen LogP contribution is 2.30. The Hall–Kier alpha value is -3.21. The van der Waals surface area contributed by atoms with E-state index in [1.54, 1.807) is 47.4 Å². The predicted octanol–water partition coefficient (Wildman–Crippen LogP) is 4.71. The fourth-order valence-electron chi connectivity index (χ4n) is 3.35. The van der Waals surface area contributed by atoms with Crippen LogP contribution in [0.4, 0.5) is 8.78 Å². The van der Waals surface area contributed by atoms with E-state index in [0.717, 1.165) is 11.1 Å². The van der Waals surface area contributed by atoms with E-state index in [4.69, 9.17) is 4.74 Å². The van der Waals surface area contributed by atoms with Gasteiger partial charge in [-0.1, -0.05) is 36.4 Å². The van der Waals surface area contributed by atoms with E-state index in [0.29, 0.717) is 43.0 Å². The maximum atomic E-state index is 13.8. The van der Waals surface area contributed by atoms with E-state index in [1.165, 1.54) is 18.2 Å². The summed E-state index contributed by atoms with van der Waals surface area (Å²) in [5.41, 5.74) is 2.77. The first-order valence-corrected chi connectivity index (χ1v) is 9.17. The van der Waals surface area contributed by atoms with Crippen molar-refractivity contribution in [1.29, 1.82) is 0 Å². The van der Waals surface area contributed by atoms with Crippen molar-refractivity contribution in [2.24, 2.45) is 0 Å². The lowest BCUT2D eigenvalue weighted by atomic mass is 10.0. The minimum Gasteiger partial charge on any atom is -0.491 e. The number of amides is 1. The number of halogens is 2. The molecule has 0 unspecified atom stereocenters. The molecule has 0 atom stereocenters. The third-order valence-corrected chi connectivity index (χ3v) is 4.90. The maximum absolute atomic E-state index is 13.8. The number of hydrogen-bond donors (Lipinski definition) is 0. The lowest BCUT2D eigenvalue weighted by Gasteiger charge is -2.20. The maximum Gasteiger partial charge on any atom is 0.257 e. The van der Waals surface area contributed by atoms with Crippen LogP contribution in [-0.2, 0) is 6.42 Å². The number of carbonyl (C=O) groups excluding carboxylic acids is 1. The highest BCUT2D eigenvalue weighted by Gasteiger charge is 2.24. The minimum absolute atomic E-state index is 0.130. The molecule has 0 aromatic heterocycles. The van der Waals surface area contributed by atoms with E-state index >= 15 is 0 Å². The van der Waals surface area contributed by atoms with Crippen LogP contribution in [0.3, 0.4) is 0 Å².